The summed E-state index contributed by atoms with van der Waals surface area (Å²) >= 11 is 13.8. The Balaban J connectivity index is 2.10. The van der Waals surface area contributed by atoms with Crippen LogP contribution in [0.15, 0.2) is 23.6 Å². The second-order valence-electron chi connectivity index (χ2n) is 4.60. The van der Waals surface area contributed by atoms with Crippen LogP contribution in [0, 0.1) is 6.92 Å². The van der Waals surface area contributed by atoms with Crippen LogP contribution in [-0.4, -0.2) is 4.98 Å². The molecule has 0 fully saturated rings. The van der Waals surface area contributed by atoms with Gasteiger partial charge in [0.25, 0.3) is 0 Å². The van der Waals surface area contributed by atoms with Crippen molar-refractivity contribution in [3.8, 4) is 0 Å². The van der Waals surface area contributed by atoms with Crippen molar-refractivity contribution in [1.29, 1.82) is 0 Å². The van der Waals surface area contributed by atoms with Gasteiger partial charge in [-0.25, -0.2) is 4.98 Å². The largest absolute Gasteiger partial charge is 0.301 e. The molecule has 1 aromatic carbocycles. The van der Waals surface area contributed by atoms with Crippen molar-refractivity contribution in [1.82, 2.24) is 10.3 Å². The average Bonchev–Trinajstić information content (AvgIpc) is 2.75. The molecule has 0 aliphatic rings. The van der Waals surface area contributed by atoms with Gasteiger partial charge in [-0.1, -0.05) is 29.3 Å². The molecule has 102 valence electrons. The molecular weight excluding hydrogens is 299 g/mol. The van der Waals surface area contributed by atoms with E-state index in [-0.39, 0.29) is 12.1 Å². The van der Waals surface area contributed by atoms with Gasteiger partial charge in [-0.2, -0.15) is 0 Å². The molecule has 19 heavy (non-hydrogen) atoms. The first-order chi connectivity index (χ1) is 8.97. The number of halogens is 2. The molecule has 1 N–H and O–H groups in total. The van der Waals surface area contributed by atoms with Gasteiger partial charge < -0.3 is 5.32 Å². The number of thiazole rings is 1. The highest BCUT2D eigenvalue weighted by atomic mass is 35.5. The Bertz CT molecular complexity index is 568. The first-order valence-corrected chi connectivity index (χ1v) is 7.74. The van der Waals surface area contributed by atoms with E-state index >= 15 is 0 Å². The third-order valence-corrected chi connectivity index (χ3v) is 4.64. The lowest BCUT2D eigenvalue weighted by molar-refractivity contribution is 0.493. The van der Waals surface area contributed by atoms with Crippen LogP contribution in [0.3, 0.4) is 0 Å². The van der Waals surface area contributed by atoms with Gasteiger partial charge in [0.15, 0.2) is 0 Å². The Morgan fingerprint density at radius 2 is 1.95 bits per heavy atom. The van der Waals surface area contributed by atoms with E-state index in [1.165, 1.54) is 0 Å². The Labute approximate surface area is 127 Å². The molecule has 2 aromatic rings. The van der Waals surface area contributed by atoms with Crippen LogP contribution >= 0.6 is 34.5 Å². The summed E-state index contributed by atoms with van der Waals surface area (Å²) in [4.78, 5) is 4.50. The number of aryl methyl sites for hydroxylation is 1. The summed E-state index contributed by atoms with van der Waals surface area (Å²) in [6, 6.07) is 5.93. The summed E-state index contributed by atoms with van der Waals surface area (Å²) in [5, 5.41) is 8.01. The van der Waals surface area contributed by atoms with Crippen LogP contribution in [0.1, 0.15) is 42.2 Å². The van der Waals surface area contributed by atoms with E-state index in [0.717, 1.165) is 16.3 Å². The predicted molar refractivity (Wildman–Crippen MR) is 83.3 cm³/mol. The Kier molecular flexibility index (Phi) is 4.85. The van der Waals surface area contributed by atoms with E-state index in [9.17, 15) is 0 Å². The molecule has 0 spiro atoms. The smallest absolute Gasteiger partial charge is 0.110 e. The lowest BCUT2D eigenvalue weighted by Gasteiger charge is -2.20. The molecule has 2 nitrogen and oxygen atoms in total. The normalized spacial score (nSPS) is 14.4. The number of aromatic nitrogens is 1. The van der Waals surface area contributed by atoms with E-state index < -0.39 is 0 Å². The highest BCUT2D eigenvalue weighted by Crippen LogP contribution is 2.28. The SMILES string of the molecule is Cc1csc(C(C)NC(C)c2ccc(Cl)cc2Cl)n1. The van der Waals surface area contributed by atoms with Crippen molar-refractivity contribution in [3.63, 3.8) is 0 Å². The van der Waals surface area contributed by atoms with Gasteiger partial charge in [0, 0.05) is 27.2 Å². The van der Waals surface area contributed by atoms with Crippen LogP contribution in [0.4, 0.5) is 0 Å². The first kappa shape index (κ1) is 14.8. The summed E-state index contributed by atoms with van der Waals surface area (Å²) in [6.07, 6.45) is 0. The second-order valence-corrected chi connectivity index (χ2v) is 6.34. The number of hydrogen-bond acceptors (Lipinski definition) is 3. The number of nitrogens with one attached hydrogen (secondary N) is 1. The Hall–Kier alpha value is -0.610. The van der Waals surface area contributed by atoms with E-state index in [0.29, 0.717) is 10.0 Å². The minimum atomic E-state index is 0.143. The third kappa shape index (κ3) is 3.69. The molecule has 0 aliphatic carbocycles. The molecule has 1 aromatic heterocycles. The van der Waals surface area contributed by atoms with E-state index in [2.05, 4.69) is 29.5 Å². The van der Waals surface area contributed by atoms with Crippen LogP contribution in [0.2, 0.25) is 10.0 Å². The van der Waals surface area contributed by atoms with Gasteiger partial charge in [-0.15, -0.1) is 11.3 Å². The van der Waals surface area contributed by atoms with Crippen molar-refractivity contribution >= 4 is 34.5 Å². The fourth-order valence-corrected chi connectivity index (χ4v) is 3.34. The molecule has 0 radical (unpaired) electrons. The van der Waals surface area contributed by atoms with Gasteiger partial charge in [-0.3, -0.25) is 0 Å². The molecule has 2 unspecified atom stereocenters. The predicted octanol–water partition coefficient (Wildman–Crippen LogP) is 5.17. The third-order valence-electron chi connectivity index (χ3n) is 2.94. The zero-order chi connectivity index (χ0) is 14.0. The van der Waals surface area contributed by atoms with Gasteiger partial charge in [-0.05, 0) is 38.5 Å². The highest BCUT2D eigenvalue weighted by molar-refractivity contribution is 7.09. The number of rotatable bonds is 4. The molecule has 0 saturated carbocycles. The van der Waals surface area contributed by atoms with Crippen molar-refractivity contribution < 1.29 is 0 Å². The zero-order valence-corrected chi connectivity index (χ0v) is 13.4. The lowest BCUT2D eigenvalue weighted by atomic mass is 10.1. The van der Waals surface area contributed by atoms with Gasteiger partial charge in [0.1, 0.15) is 5.01 Å². The van der Waals surface area contributed by atoms with E-state index in [4.69, 9.17) is 23.2 Å². The molecule has 2 atom stereocenters. The molecule has 0 amide bonds. The molecule has 0 aliphatic heterocycles. The quantitative estimate of drug-likeness (QED) is 0.842. The van der Waals surface area contributed by atoms with Crippen LogP contribution in [0.25, 0.3) is 0 Å². The number of benzene rings is 1. The second kappa shape index (κ2) is 6.23. The molecule has 2 rings (SSSR count). The molecule has 5 heteroatoms. The zero-order valence-electron chi connectivity index (χ0n) is 11.1. The fraction of sp³-hybridized carbons (Fsp3) is 0.357. The van der Waals surface area contributed by atoms with Crippen LogP contribution < -0.4 is 5.32 Å². The maximum absolute atomic E-state index is 6.22. The summed E-state index contributed by atoms with van der Waals surface area (Å²) in [6.45, 7) is 6.21. The summed E-state index contributed by atoms with van der Waals surface area (Å²) in [5.41, 5.74) is 2.11. The highest BCUT2D eigenvalue weighted by Gasteiger charge is 2.15. The summed E-state index contributed by atoms with van der Waals surface area (Å²) in [7, 11) is 0. The summed E-state index contributed by atoms with van der Waals surface area (Å²) in [5.74, 6) is 0. The summed E-state index contributed by atoms with van der Waals surface area (Å²) < 4.78 is 0. The minimum absolute atomic E-state index is 0.143. The molecular formula is C14H16Cl2N2S. The molecule has 1 heterocycles. The first-order valence-electron chi connectivity index (χ1n) is 6.10. The van der Waals surface area contributed by atoms with Crippen molar-refractivity contribution in [3.05, 3.63) is 49.9 Å². The molecule has 0 saturated heterocycles. The number of hydrogen-bond donors (Lipinski definition) is 1. The Morgan fingerprint density at radius 3 is 2.53 bits per heavy atom. The fourth-order valence-electron chi connectivity index (χ4n) is 1.96. The molecule has 0 bridgehead atoms. The topological polar surface area (TPSA) is 24.9 Å². The Morgan fingerprint density at radius 1 is 1.21 bits per heavy atom. The van der Waals surface area contributed by atoms with Crippen molar-refractivity contribution in [2.75, 3.05) is 0 Å². The van der Waals surface area contributed by atoms with Gasteiger partial charge >= 0.3 is 0 Å². The minimum Gasteiger partial charge on any atom is -0.301 e. The lowest BCUT2D eigenvalue weighted by Crippen LogP contribution is -2.22. The maximum Gasteiger partial charge on any atom is 0.110 e. The van der Waals surface area contributed by atoms with Crippen molar-refractivity contribution in [2.24, 2.45) is 0 Å². The maximum atomic E-state index is 6.22. The number of nitrogens with zero attached hydrogens (tertiary/aromatic N) is 1. The standard InChI is InChI=1S/C14H16Cl2N2S/c1-8-7-19-14(17-8)10(3)18-9(2)12-5-4-11(15)6-13(12)16/h4-7,9-10,18H,1-3H3. The van der Waals surface area contributed by atoms with Gasteiger partial charge in [0.2, 0.25) is 0 Å². The van der Waals surface area contributed by atoms with E-state index in [1.807, 2.05) is 19.1 Å². The van der Waals surface area contributed by atoms with Crippen LogP contribution in [0.5, 0.6) is 0 Å². The van der Waals surface area contributed by atoms with Gasteiger partial charge in [0.05, 0.1) is 6.04 Å². The monoisotopic (exact) mass is 314 g/mol. The van der Waals surface area contributed by atoms with E-state index in [1.54, 1.807) is 17.4 Å². The van der Waals surface area contributed by atoms with Crippen molar-refractivity contribution in [2.45, 2.75) is 32.9 Å². The van der Waals surface area contributed by atoms with Crippen LogP contribution in [-0.2, 0) is 0 Å². The average molecular weight is 315 g/mol.